The van der Waals surface area contributed by atoms with Crippen LogP contribution in [-0.2, 0) is 12.8 Å². The minimum atomic E-state index is -0.450. The van der Waals surface area contributed by atoms with E-state index in [1.807, 2.05) is 24.3 Å². The summed E-state index contributed by atoms with van der Waals surface area (Å²) in [6.07, 6.45) is 5.08. The van der Waals surface area contributed by atoms with Gasteiger partial charge in [0.25, 0.3) is 0 Å². The number of aliphatic hydroxyl groups is 2. The third-order valence-electron chi connectivity index (χ3n) is 6.88. The highest BCUT2D eigenvalue weighted by Gasteiger charge is 2.42. The van der Waals surface area contributed by atoms with E-state index in [0.717, 1.165) is 49.2 Å². The Labute approximate surface area is 166 Å². The Balaban J connectivity index is 1.22. The predicted molar refractivity (Wildman–Crippen MR) is 108 cm³/mol. The van der Waals surface area contributed by atoms with Crippen molar-refractivity contribution in [1.82, 2.24) is 4.90 Å². The topological polar surface area (TPSA) is 52.9 Å². The number of β-amino-alcohol motifs (C(OH)–C–C–N with tert-alkyl or cyclic N) is 1. The lowest BCUT2D eigenvalue weighted by atomic mass is 9.81. The molecule has 2 aliphatic heterocycles. The van der Waals surface area contributed by atoms with Gasteiger partial charge in [-0.05, 0) is 54.9 Å². The molecule has 0 amide bonds. The number of piperidine rings is 1. The predicted octanol–water partition coefficient (Wildman–Crippen LogP) is 3.56. The van der Waals surface area contributed by atoms with Crippen LogP contribution in [0.4, 0.5) is 0 Å². The molecular weight excluding hydrogens is 350 g/mol. The van der Waals surface area contributed by atoms with Gasteiger partial charge < -0.3 is 19.8 Å². The molecule has 2 aromatic carbocycles. The second kappa shape index (κ2) is 7.18. The number of rotatable bonds is 3. The van der Waals surface area contributed by atoms with Crippen LogP contribution in [0.2, 0.25) is 0 Å². The maximum absolute atomic E-state index is 10.8. The Hall–Kier alpha value is -1.88. The average Bonchev–Trinajstić information content (AvgIpc) is 3.18. The van der Waals surface area contributed by atoms with Crippen LogP contribution in [0.5, 0.6) is 5.75 Å². The van der Waals surface area contributed by atoms with Gasteiger partial charge in [-0.1, -0.05) is 36.4 Å². The molecule has 3 aliphatic rings. The van der Waals surface area contributed by atoms with Gasteiger partial charge in [0.05, 0.1) is 12.2 Å². The van der Waals surface area contributed by atoms with Crippen LogP contribution in [-0.4, -0.2) is 40.3 Å². The van der Waals surface area contributed by atoms with E-state index in [4.69, 9.17) is 4.74 Å². The maximum atomic E-state index is 10.8. The van der Waals surface area contributed by atoms with Gasteiger partial charge in [0, 0.05) is 31.6 Å². The Morgan fingerprint density at radius 2 is 1.86 bits per heavy atom. The van der Waals surface area contributed by atoms with Crippen molar-refractivity contribution >= 4 is 0 Å². The molecule has 1 saturated heterocycles. The second-order valence-corrected chi connectivity index (χ2v) is 8.74. The van der Waals surface area contributed by atoms with Crippen molar-refractivity contribution in [2.24, 2.45) is 0 Å². The van der Waals surface area contributed by atoms with Gasteiger partial charge in [-0.25, -0.2) is 0 Å². The van der Waals surface area contributed by atoms with E-state index in [2.05, 4.69) is 23.1 Å². The van der Waals surface area contributed by atoms with Crippen molar-refractivity contribution in [2.75, 3.05) is 19.6 Å². The number of benzene rings is 2. The zero-order valence-corrected chi connectivity index (χ0v) is 16.3. The summed E-state index contributed by atoms with van der Waals surface area (Å²) in [5.74, 6) is 0.827. The van der Waals surface area contributed by atoms with E-state index < -0.39 is 12.2 Å². The van der Waals surface area contributed by atoms with Crippen molar-refractivity contribution in [1.29, 1.82) is 0 Å². The largest absolute Gasteiger partial charge is 0.487 e. The lowest BCUT2D eigenvalue weighted by molar-refractivity contribution is -0.0587. The smallest absolute Gasteiger partial charge is 0.125 e. The highest BCUT2D eigenvalue weighted by atomic mass is 16.5. The first-order valence-electron chi connectivity index (χ1n) is 10.6. The van der Waals surface area contributed by atoms with Crippen molar-refractivity contribution in [3.8, 4) is 5.75 Å². The number of hydrogen-bond acceptors (Lipinski definition) is 4. The van der Waals surface area contributed by atoms with Crippen LogP contribution >= 0.6 is 0 Å². The first kappa shape index (κ1) is 18.2. The fraction of sp³-hybridized carbons (Fsp3) is 0.500. The molecule has 1 aliphatic carbocycles. The first-order valence-corrected chi connectivity index (χ1v) is 10.6. The lowest BCUT2D eigenvalue weighted by Crippen LogP contribution is -2.51. The highest BCUT2D eigenvalue weighted by Crippen LogP contribution is 2.44. The molecule has 0 radical (unpaired) electrons. The Morgan fingerprint density at radius 3 is 2.71 bits per heavy atom. The minimum Gasteiger partial charge on any atom is -0.487 e. The van der Waals surface area contributed by atoms with Gasteiger partial charge in [-0.3, -0.25) is 0 Å². The van der Waals surface area contributed by atoms with E-state index in [9.17, 15) is 10.2 Å². The van der Waals surface area contributed by atoms with Crippen molar-refractivity contribution in [2.45, 2.75) is 56.3 Å². The molecule has 4 nitrogen and oxygen atoms in total. The Bertz CT molecular complexity index is 857. The van der Waals surface area contributed by atoms with Crippen LogP contribution in [0.15, 0.2) is 42.5 Å². The molecule has 0 saturated carbocycles. The van der Waals surface area contributed by atoms with Crippen LogP contribution in [0, 0.1) is 0 Å². The Morgan fingerprint density at radius 1 is 1.07 bits per heavy atom. The number of aliphatic hydroxyl groups excluding tert-OH is 2. The van der Waals surface area contributed by atoms with Crippen LogP contribution in [0.1, 0.15) is 60.1 Å². The zero-order chi connectivity index (χ0) is 19.1. The molecule has 1 fully saturated rings. The molecule has 5 rings (SSSR count). The summed E-state index contributed by atoms with van der Waals surface area (Å²) in [5.41, 5.74) is 4.53. The van der Waals surface area contributed by atoms with Crippen LogP contribution in [0.25, 0.3) is 0 Å². The third-order valence-corrected chi connectivity index (χ3v) is 6.88. The molecule has 1 spiro atoms. The first-order chi connectivity index (χ1) is 13.6. The van der Waals surface area contributed by atoms with Gasteiger partial charge in [-0.2, -0.15) is 0 Å². The molecule has 0 bridgehead atoms. The zero-order valence-electron chi connectivity index (χ0n) is 16.3. The molecular formula is C24H29NO3. The van der Waals surface area contributed by atoms with Gasteiger partial charge in [-0.15, -0.1) is 0 Å². The van der Waals surface area contributed by atoms with Gasteiger partial charge in [0.2, 0.25) is 0 Å². The van der Waals surface area contributed by atoms with Crippen molar-refractivity contribution in [3.63, 3.8) is 0 Å². The number of hydrogen-bond donors (Lipinski definition) is 2. The number of aryl methyl sites for hydroxylation is 2. The molecule has 0 aromatic heterocycles. The summed E-state index contributed by atoms with van der Waals surface area (Å²) in [5, 5.41) is 21.3. The Kier molecular flexibility index (Phi) is 4.66. The number of nitrogens with zero attached hydrogens (tertiary/aromatic N) is 1. The number of likely N-dealkylation sites (tertiary alicyclic amines) is 1. The summed E-state index contributed by atoms with van der Waals surface area (Å²) in [7, 11) is 0. The molecule has 2 heterocycles. The monoisotopic (exact) mass is 379 g/mol. The van der Waals surface area contributed by atoms with Crippen LogP contribution < -0.4 is 4.74 Å². The van der Waals surface area contributed by atoms with Gasteiger partial charge in [0.1, 0.15) is 11.4 Å². The molecule has 2 atom stereocenters. The van der Waals surface area contributed by atoms with E-state index in [0.29, 0.717) is 13.0 Å². The fourth-order valence-electron chi connectivity index (χ4n) is 5.18. The lowest BCUT2D eigenvalue weighted by Gasteiger charge is -2.46. The second-order valence-electron chi connectivity index (χ2n) is 8.74. The van der Waals surface area contributed by atoms with Crippen LogP contribution in [0.3, 0.4) is 0 Å². The number of fused-ring (bicyclic) bond motifs is 2. The normalized spacial score (nSPS) is 24.4. The van der Waals surface area contributed by atoms with Gasteiger partial charge >= 0.3 is 0 Å². The standard InChI is InChI=1S/C24H29NO3/c26-21-15-24(28-23-7-2-1-6-20(21)23)10-12-25(13-11-24)16-22(27)19-9-8-17-4-3-5-18(17)14-19/h1-2,6-9,14,21-22,26-27H,3-5,10-13,15-16H2. The molecule has 2 unspecified atom stereocenters. The number of ether oxygens (including phenoxy) is 1. The summed E-state index contributed by atoms with van der Waals surface area (Å²) in [4.78, 5) is 2.33. The highest BCUT2D eigenvalue weighted by molar-refractivity contribution is 5.38. The summed E-state index contributed by atoms with van der Waals surface area (Å²) >= 11 is 0. The third kappa shape index (κ3) is 3.34. The fourth-order valence-corrected chi connectivity index (χ4v) is 5.18. The van der Waals surface area contributed by atoms with Gasteiger partial charge in [0.15, 0.2) is 0 Å². The SMILES string of the molecule is OC(CN1CCC2(CC1)CC(O)c1ccccc1O2)c1ccc2c(c1)CCC2. The quantitative estimate of drug-likeness (QED) is 0.856. The van der Waals surface area contributed by atoms with E-state index in [-0.39, 0.29) is 5.60 Å². The number of para-hydroxylation sites is 1. The van der Waals surface area contributed by atoms with E-state index >= 15 is 0 Å². The molecule has 4 heteroatoms. The van der Waals surface area contributed by atoms with Crippen molar-refractivity contribution in [3.05, 3.63) is 64.7 Å². The average molecular weight is 380 g/mol. The molecule has 2 N–H and O–H groups in total. The summed E-state index contributed by atoms with van der Waals surface area (Å²) in [6.45, 7) is 2.43. The molecule has 28 heavy (non-hydrogen) atoms. The van der Waals surface area contributed by atoms with Crippen molar-refractivity contribution < 1.29 is 14.9 Å². The minimum absolute atomic E-state index is 0.275. The summed E-state index contributed by atoms with van der Waals surface area (Å²) < 4.78 is 6.37. The van der Waals surface area contributed by atoms with E-state index in [1.165, 1.54) is 24.0 Å². The summed E-state index contributed by atoms with van der Waals surface area (Å²) in [6, 6.07) is 14.3. The maximum Gasteiger partial charge on any atom is 0.125 e. The van der Waals surface area contributed by atoms with E-state index in [1.54, 1.807) is 0 Å². The molecule has 2 aromatic rings. The molecule has 148 valence electrons.